The summed E-state index contributed by atoms with van der Waals surface area (Å²) in [5.74, 6) is 1.44. The summed E-state index contributed by atoms with van der Waals surface area (Å²) in [5.41, 5.74) is 1.08. The highest BCUT2D eigenvalue weighted by Gasteiger charge is 2.21. The monoisotopic (exact) mass is 349 g/mol. The van der Waals surface area contributed by atoms with E-state index in [9.17, 15) is 8.42 Å². The Morgan fingerprint density at radius 3 is 2.25 bits per heavy atom. The van der Waals surface area contributed by atoms with Crippen LogP contribution in [-0.2, 0) is 16.6 Å². The van der Waals surface area contributed by atoms with Gasteiger partial charge < -0.3 is 10.1 Å². The third-order valence-corrected chi connectivity index (χ3v) is 5.75. The lowest BCUT2D eigenvalue weighted by molar-refractivity contribution is 0.414. The minimum Gasteiger partial charge on any atom is -0.497 e. The van der Waals surface area contributed by atoms with E-state index in [0.29, 0.717) is 25.5 Å². The Hall–Kier alpha value is -2.12. The lowest BCUT2D eigenvalue weighted by Crippen LogP contribution is -2.30. The smallest absolute Gasteiger partial charge is 0.244 e. The Balaban J connectivity index is 2.03. The number of nitrogens with zero attached hydrogens (tertiary/aromatic N) is 2. The molecule has 0 unspecified atom stereocenters. The molecule has 0 fully saturated rings. The predicted molar refractivity (Wildman–Crippen MR) is 94.7 cm³/mol. The van der Waals surface area contributed by atoms with Gasteiger partial charge in [0.1, 0.15) is 16.5 Å². The van der Waals surface area contributed by atoms with Gasteiger partial charge in [0.05, 0.1) is 7.11 Å². The Morgan fingerprint density at radius 1 is 1.08 bits per heavy atom. The number of ether oxygens (including phenoxy) is 1. The van der Waals surface area contributed by atoms with Crippen LogP contribution in [0.25, 0.3) is 0 Å². The molecule has 6 nitrogen and oxygen atoms in total. The lowest BCUT2D eigenvalue weighted by atomic mass is 10.2. The van der Waals surface area contributed by atoms with E-state index >= 15 is 0 Å². The summed E-state index contributed by atoms with van der Waals surface area (Å²) in [5, 5.41) is 3.17. The third kappa shape index (κ3) is 4.24. The van der Waals surface area contributed by atoms with Gasteiger partial charge in [-0.2, -0.15) is 4.31 Å². The molecule has 0 amide bonds. The van der Waals surface area contributed by atoms with Gasteiger partial charge in [0.15, 0.2) is 0 Å². The Morgan fingerprint density at radius 2 is 1.75 bits per heavy atom. The number of hydrogen-bond acceptors (Lipinski definition) is 5. The molecule has 1 aromatic heterocycles. The van der Waals surface area contributed by atoms with Gasteiger partial charge >= 0.3 is 0 Å². The number of aromatic nitrogens is 1. The Labute approximate surface area is 143 Å². The minimum atomic E-state index is -3.46. The molecule has 0 atom stereocenters. The predicted octanol–water partition coefficient (Wildman–Crippen LogP) is 2.73. The number of benzene rings is 1. The van der Waals surface area contributed by atoms with Gasteiger partial charge in [-0.3, -0.25) is 0 Å². The van der Waals surface area contributed by atoms with Crippen LogP contribution in [0.5, 0.6) is 5.75 Å². The van der Waals surface area contributed by atoms with E-state index in [2.05, 4.69) is 10.3 Å². The van der Waals surface area contributed by atoms with Crippen LogP contribution >= 0.6 is 0 Å². The van der Waals surface area contributed by atoms with Crippen molar-refractivity contribution in [2.75, 3.05) is 25.5 Å². The molecule has 7 heteroatoms. The van der Waals surface area contributed by atoms with Gasteiger partial charge in [0.2, 0.25) is 10.0 Å². The number of sulfonamides is 1. The normalized spacial score (nSPS) is 11.5. The van der Waals surface area contributed by atoms with Crippen LogP contribution in [0.3, 0.4) is 0 Å². The molecule has 0 bridgehead atoms. The summed E-state index contributed by atoms with van der Waals surface area (Å²) in [6.45, 7) is 5.12. The first-order valence-electron chi connectivity index (χ1n) is 7.84. The summed E-state index contributed by atoms with van der Waals surface area (Å²) < 4.78 is 31.3. The fourth-order valence-electron chi connectivity index (χ4n) is 2.29. The maximum absolute atomic E-state index is 12.4. The van der Waals surface area contributed by atoms with Crippen molar-refractivity contribution in [3.05, 3.63) is 48.2 Å². The second kappa shape index (κ2) is 8.12. The SMILES string of the molecule is CCN(CC)S(=O)(=O)c1ccc(NCc2ccc(OC)cc2)nc1. The highest BCUT2D eigenvalue weighted by molar-refractivity contribution is 7.89. The number of nitrogens with one attached hydrogen (secondary N) is 1. The average Bonchev–Trinajstić information content (AvgIpc) is 2.61. The second-order valence-corrected chi connectivity index (χ2v) is 7.11. The van der Waals surface area contributed by atoms with Crippen molar-refractivity contribution in [1.29, 1.82) is 0 Å². The Bertz CT molecular complexity index is 740. The molecular weight excluding hydrogens is 326 g/mol. The summed E-state index contributed by atoms with van der Waals surface area (Å²) in [6, 6.07) is 11.0. The molecule has 24 heavy (non-hydrogen) atoms. The fourth-order valence-corrected chi connectivity index (χ4v) is 3.69. The molecule has 0 radical (unpaired) electrons. The number of hydrogen-bond donors (Lipinski definition) is 1. The van der Waals surface area contributed by atoms with E-state index in [1.807, 2.05) is 38.1 Å². The van der Waals surface area contributed by atoms with Crippen LogP contribution in [0.2, 0.25) is 0 Å². The van der Waals surface area contributed by atoms with E-state index in [4.69, 9.17) is 4.74 Å². The number of rotatable bonds is 8. The van der Waals surface area contributed by atoms with Gasteiger partial charge in [0.25, 0.3) is 0 Å². The van der Waals surface area contributed by atoms with Crippen molar-refractivity contribution in [3.63, 3.8) is 0 Å². The zero-order chi connectivity index (χ0) is 17.6. The fraction of sp³-hybridized carbons (Fsp3) is 0.353. The van der Waals surface area contributed by atoms with Gasteiger partial charge in [-0.15, -0.1) is 0 Å². The zero-order valence-electron chi connectivity index (χ0n) is 14.2. The van der Waals surface area contributed by atoms with E-state index < -0.39 is 10.0 Å². The topological polar surface area (TPSA) is 71.5 Å². The van der Waals surface area contributed by atoms with E-state index in [1.165, 1.54) is 10.5 Å². The van der Waals surface area contributed by atoms with Crippen molar-refractivity contribution in [1.82, 2.24) is 9.29 Å². The highest BCUT2D eigenvalue weighted by Crippen LogP contribution is 2.17. The molecule has 0 spiro atoms. The quantitative estimate of drug-likeness (QED) is 0.793. The molecule has 130 valence electrons. The molecule has 2 rings (SSSR count). The van der Waals surface area contributed by atoms with Gasteiger partial charge in [-0.25, -0.2) is 13.4 Å². The molecule has 1 aromatic carbocycles. The number of methoxy groups -OCH3 is 1. The summed E-state index contributed by atoms with van der Waals surface area (Å²) in [4.78, 5) is 4.41. The average molecular weight is 349 g/mol. The second-order valence-electron chi connectivity index (χ2n) is 5.17. The van der Waals surface area contributed by atoms with Crippen LogP contribution in [0.15, 0.2) is 47.5 Å². The van der Waals surface area contributed by atoms with E-state index in [0.717, 1.165) is 11.3 Å². The first kappa shape index (κ1) is 18.2. The van der Waals surface area contributed by atoms with Crippen molar-refractivity contribution >= 4 is 15.8 Å². The lowest BCUT2D eigenvalue weighted by Gasteiger charge is -2.18. The van der Waals surface area contributed by atoms with Crippen molar-refractivity contribution in [2.45, 2.75) is 25.3 Å². The van der Waals surface area contributed by atoms with Crippen LogP contribution in [0, 0.1) is 0 Å². The van der Waals surface area contributed by atoms with Crippen LogP contribution in [-0.4, -0.2) is 37.9 Å². The Kier molecular flexibility index (Phi) is 6.16. The summed E-state index contributed by atoms with van der Waals surface area (Å²) in [7, 11) is -1.83. The molecule has 0 aliphatic heterocycles. The van der Waals surface area contributed by atoms with Crippen molar-refractivity contribution in [3.8, 4) is 5.75 Å². The number of anilines is 1. The summed E-state index contributed by atoms with van der Waals surface area (Å²) >= 11 is 0. The highest BCUT2D eigenvalue weighted by atomic mass is 32.2. The first-order valence-corrected chi connectivity index (χ1v) is 9.28. The van der Waals surface area contributed by atoms with Gasteiger partial charge in [0, 0.05) is 25.8 Å². The van der Waals surface area contributed by atoms with Crippen molar-refractivity contribution in [2.24, 2.45) is 0 Å². The number of pyridine rings is 1. The van der Waals surface area contributed by atoms with Gasteiger partial charge in [-0.05, 0) is 29.8 Å². The first-order chi connectivity index (χ1) is 11.5. The van der Waals surface area contributed by atoms with Gasteiger partial charge in [-0.1, -0.05) is 26.0 Å². The van der Waals surface area contributed by atoms with Crippen LogP contribution in [0.4, 0.5) is 5.82 Å². The van der Waals surface area contributed by atoms with E-state index in [-0.39, 0.29) is 4.90 Å². The van der Waals surface area contributed by atoms with Crippen molar-refractivity contribution < 1.29 is 13.2 Å². The molecule has 1 N–H and O–H groups in total. The summed E-state index contributed by atoms with van der Waals surface area (Å²) in [6.07, 6.45) is 1.39. The molecule has 0 saturated heterocycles. The molecule has 1 heterocycles. The molecule has 0 aliphatic carbocycles. The minimum absolute atomic E-state index is 0.209. The third-order valence-electron chi connectivity index (χ3n) is 3.71. The van der Waals surface area contributed by atoms with Crippen LogP contribution in [0.1, 0.15) is 19.4 Å². The maximum Gasteiger partial charge on any atom is 0.244 e. The zero-order valence-corrected chi connectivity index (χ0v) is 15.0. The maximum atomic E-state index is 12.4. The molecule has 2 aromatic rings. The van der Waals surface area contributed by atoms with Crippen LogP contribution < -0.4 is 10.1 Å². The van der Waals surface area contributed by atoms with E-state index in [1.54, 1.807) is 19.2 Å². The molecule has 0 saturated carbocycles. The standard InChI is InChI=1S/C17H23N3O3S/c1-4-20(5-2)24(21,22)16-10-11-17(19-13-16)18-12-14-6-8-15(23-3)9-7-14/h6-11,13H,4-5,12H2,1-3H3,(H,18,19). The molecule has 0 aliphatic rings. The molecular formula is C17H23N3O3S. The largest absolute Gasteiger partial charge is 0.497 e.